The highest BCUT2D eigenvalue weighted by atomic mass is 16.5. The van der Waals surface area contributed by atoms with E-state index in [1.54, 1.807) is 6.92 Å². The van der Waals surface area contributed by atoms with Gasteiger partial charge in [0.25, 0.3) is 0 Å². The molecule has 0 radical (unpaired) electrons. The Morgan fingerprint density at radius 2 is 1.59 bits per heavy atom. The van der Waals surface area contributed by atoms with E-state index < -0.39 is 5.54 Å². The Bertz CT molecular complexity index is 267. The minimum atomic E-state index is -0.744. The van der Waals surface area contributed by atoms with Crippen molar-refractivity contribution in [2.24, 2.45) is 11.1 Å². The monoisotopic (exact) mass is 243 g/mol. The third-order valence-corrected chi connectivity index (χ3v) is 3.09. The van der Waals surface area contributed by atoms with Crippen LogP contribution in [-0.2, 0) is 9.53 Å². The molecule has 17 heavy (non-hydrogen) atoms. The third-order valence-electron chi connectivity index (χ3n) is 3.09. The van der Waals surface area contributed by atoms with Crippen LogP contribution in [0.15, 0.2) is 0 Å². The van der Waals surface area contributed by atoms with E-state index in [-0.39, 0.29) is 16.8 Å². The molecule has 0 saturated heterocycles. The average molecular weight is 243 g/mol. The number of carbonyl (C=O) groups is 1. The molecule has 0 aliphatic heterocycles. The summed E-state index contributed by atoms with van der Waals surface area (Å²) in [7, 11) is 0. The SMILES string of the molecule is CCOC(C)(C)CC(C)(C)CC(C)(N)C(C)=O. The maximum absolute atomic E-state index is 11.5. The van der Waals surface area contributed by atoms with Crippen molar-refractivity contribution in [3.63, 3.8) is 0 Å². The lowest BCUT2D eigenvalue weighted by molar-refractivity contribution is -0.123. The molecule has 0 amide bonds. The van der Waals surface area contributed by atoms with Crippen molar-refractivity contribution in [1.82, 2.24) is 0 Å². The predicted molar refractivity (Wildman–Crippen MR) is 72.0 cm³/mol. The van der Waals surface area contributed by atoms with E-state index in [9.17, 15) is 4.79 Å². The summed E-state index contributed by atoms with van der Waals surface area (Å²) in [5, 5.41) is 0. The summed E-state index contributed by atoms with van der Waals surface area (Å²) in [4.78, 5) is 11.5. The molecule has 1 atom stereocenters. The molecule has 0 aromatic rings. The minimum absolute atomic E-state index is 0.0200. The lowest BCUT2D eigenvalue weighted by Gasteiger charge is -2.38. The first-order chi connectivity index (χ1) is 7.42. The number of hydrogen-bond acceptors (Lipinski definition) is 3. The Morgan fingerprint density at radius 1 is 1.12 bits per heavy atom. The number of nitrogens with two attached hydrogens (primary N) is 1. The molecule has 0 bridgehead atoms. The van der Waals surface area contributed by atoms with Crippen LogP contribution >= 0.6 is 0 Å². The first-order valence-corrected chi connectivity index (χ1v) is 6.36. The maximum Gasteiger partial charge on any atom is 0.149 e. The fourth-order valence-corrected chi connectivity index (χ4v) is 2.78. The van der Waals surface area contributed by atoms with Crippen LogP contribution in [0.3, 0.4) is 0 Å². The molecule has 0 saturated carbocycles. The maximum atomic E-state index is 11.5. The molecule has 3 heteroatoms. The van der Waals surface area contributed by atoms with Crippen molar-refractivity contribution < 1.29 is 9.53 Å². The number of rotatable bonds is 7. The molecule has 0 fully saturated rings. The predicted octanol–water partition coefficient (Wildman–Crippen LogP) is 2.91. The molecule has 2 N–H and O–H groups in total. The van der Waals surface area contributed by atoms with Crippen LogP contribution in [0.25, 0.3) is 0 Å². The molecule has 0 rings (SSSR count). The highest BCUT2D eigenvalue weighted by molar-refractivity contribution is 5.85. The number of Topliss-reactive ketones (excluding diaryl/α,β-unsaturated/α-hetero) is 1. The van der Waals surface area contributed by atoms with Gasteiger partial charge in [0.15, 0.2) is 0 Å². The molecule has 0 heterocycles. The van der Waals surface area contributed by atoms with E-state index in [4.69, 9.17) is 10.5 Å². The molecule has 0 aromatic heterocycles. The molecule has 0 aliphatic rings. The summed E-state index contributed by atoms with van der Waals surface area (Å²) in [6.45, 7) is 14.5. The van der Waals surface area contributed by atoms with Gasteiger partial charge >= 0.3 is 0 Å². The van der Waals surface area contributed by atoms with Gasteiger partial charge < -0.3 is 10.5 Å². The van der Waals surface area contributed by atoms with Gasteiger partial charge in [0.05, 0.1) is 11.1 Å². The largest absolute Gasteiger partial charge is 0.376 e. The summed E-state index contributed by atoms with van der Waals surface area (Å²) in [6, 6.07) is 0. The van der Waals surface area contributed by atoms with Gasteiger partial charge in [-0.15, -0.1) is 0 Å². The summed E-state index contributed by atoms with van der Waals surface area (Å²) >= 11 is 0. The van der Waals surface area contributed by atoms with Gasteiger partial charge in [0, 0.05) is 6.61 Å². The van der Waals surface area contributed by atoms with Crippen LogP contribution in [0.4, 0.5) is 0 Å². The van der Waals surface area contributed by atoms with E-state index in [1.165, 1.54) is 0 Å². The molecular formula is C14H29NO2. The molecule has 3 nitrogen and oxygen atoms in total. The van der Waals surface area contributed by atoms with Crippen LogP contribution < -0.4 is 5.73 Å². The van der Waals surface area contributed by atoms with Crippen molar-refractivity contribution in [1.29, 1.82) is 0 Å². The summed E-state index contributed by atoms with van der Waals surface area (Å²) in [5.74, 6) is 0.0415. The molecule has 1 unspecified atom stereocenters. The Morgan fingerprint density at radius 3 is 1.94 bits per heavy atom. The van der Waals surface area contributed by atoms with E-state index >= 15 is 0 Å². The molecule has 0 spiro atoms. The fourth-order valence-electron chi connectivity index (χ4n) is 2.78. The average Bonchev–Trinajstić information content (AvgIpc) is 1.97. The van der Waals surface area contributed by atoms with E-state index in [0.717, 1.165) is 6.42 Å². The third kappa shape index (κ3) is 6.18. The highest BCUT2D eigenvalue weighted by Crippen LogP contribution is 2.36. The summed E-state index contributed by atoms with van der Waals surface area (Å²) in [5.41, 5.74) is 5.11. The first kappa shape index (κ1) is 16.6. The van der Waals surface area contributed by atoms with Crippen molar-refractivity contribution >= 4 is 5.78 Å². The number of hydrogen-bond donors (Lipinski definition) is 1. The smallest absolute Gasteiger partial charge is 0.149 e. The second-order valence-electron chi connectivity index (χ2n) is 6.68. The van der Waals surface area contributed by atoms with Crippen molar-refractivity contribution in [3.05, 3.63) is 0 Å². The van der Waals surface area contributed by atoms with E-state index in [0.29, 0.717) is 13.0 Å². The zero-order valence-electron chi connectivity index (χ0n) is 12.5. The van der Waals surface area contributed by atoms with Crippen LogP contribution in [0.1, 0.15) is 61.3 Å². The Kier molecular flexibility index (Phi) is 5.36. The second kappa shape index (κ2) is 5.49. The fraction of sp³-hybridized carbons (Fsp3) is 0.929. The summed E-state index contributed by atoms with van der Waals surface area (Å²) < 4.78 is 5.71. The van der Waals surface area contributed by atoms with Gasteiger partial charge in [-0.3, -0.25) is 4.79 Å². The Hall–Kier alpha value is -0.410. The molecule has 0 aromatic carbocycles. The van der Waals surface area contributed by atoms with E-state index in [2.05, 4.69) is 27.7 Å². The van der Waals surface area contributed by atoms with Crippen molar-refractivity contribution in [2.75, 3.05) is 6.61 Å². The Labute approximate surface area is 106 Å². The zero-order chi connectivity index (χ0) is 13.9. The Balaban J connectivity index is 4.64. The van der Waals surface area contributed by atoms with Gasteiger partial charge in [0.1, 0.15) is 5.78 Å². The first-order valence-electron chi connectivity index (χ1n) is 6.36. The second-order valence-corrected chi connectivity index (χ2v) is 6.68. The quantitative estimate of drug-likeness (QED) is 0.748. The van der Waals surface area contributed by atoms with Gasteiger partial charge in [-0.2, -0.15) is 0 Å². The molecule has 102 valence electrons. The molecule has 0 aliphatic carbocycles. The minimum Gasteiger partial charge on any atom is -0.376 e. The van der Waals surface area contributed by atoms with E-state index in [1.807, 2.05) is 13.8 Å². The lowest BCUT2D eigenvalue weighted by atomic mass is 9.72. The van der Waals surface area contributed by atoms with Crippen LogP contribution in [-0.4, -0.2) is 23.5 Å². The lowest BCUT2D eigenvalue weighted by Crippen LogP contribution is -2.48. The van der Waals surface area contributed by atoms with Crippen molar-refractivity contribution in [3.8, 4) is 0 Å². The number of ether oxygens (including phenoxy) is 1. The number of ketones is 1. The van der Waals surface area contributed by atoms with Gasteiger partial charge in [0.2, 0.25) is 0 Å². The van der Waals surface area contributed by atoms with Crippen LogP contribution in [0.5, 0.6) is 0 Å². The van der Waals surface area contributed by atoms with Crippen molar-refractivity contribution in [2.45, 2.75) is 72.4 Å². The van der Waals surface area contributed by atoms with Crippen LogP contribution in [0.2, 0.25) is 0 Å². The molecular weight excluding hydrogens is 214 g/mol. The van der Waals surface area contributed by atoms with Gasteiger partial charge in [-0.25, -0.2) is 0 Å². The normalized spacial score (nSPS) is 16.7. The van der Waals surface area contributed by atoms with Gasteiger partial charge in [-0.1, -0.05) is 13.8 Å². The zero-order valence-corrected chi connectivity index (χ0v) is 12.5. The summed E-state index contributed by atoms with van der Waals surface area (Å²) in [6.07, 6.45) is 1.56. The number of carbonyl (C=O) groups excluding carboxylic acids is 1. The van der Waals surface area contributed by atoms with Gasteiger partial charge in [-0.05, 0) is 52.9 Å². The topological polar surface area (TPSA) is 52.3 Å². The highest BCUT2D eigenvalue weighted by Gasteiger charge is 2.36. The van der Waals surface area contributed by atoms with Crippen LogP contribution in [0, 0.1) is 5.41 Å². The standard InChI is InChI=1S/C14H29NO2/c1-8-17-13(5,6)9-12(3,4)10-14(7,15)11(2)16/h8-10,15H2,1-7H3.